The molecule has 0 aromatic heterocycles. The summed E-state index contributed by atoms with van der Waals surface area (Å²) in [6.07, 6.45) is 8.26. The first-order chi connectivity index (χ1) is 12.1. The van der Waals surface area contributed by atoms with Crippen LogP contribution in [0.2, 0.25) is 0 Å². The summed E-state index contributed by atoms with van der Waals surface area (Å²) in [6.45, 7) is 5.32. The number of aryl methyl sites for hydroxylation is 1. The van der Waals surface area contributed by atoms with Crippen molar-refractivity contribution >= 4 is 17.9 Å². The Balaban J connectivity index is 1.43. The van der Waals surface area contributed by atoms with Crippen molar-refractivity contribution in [2.24, 2.45) is 5.92 Å². The molecule has 1 aromatic rings. The zero-order valence-corrected chi connectivity index (χ0v) is 15.1. The van der Waals surface area contributed by atoms with Gasteiger partial charge in [0, 0.05) is 38.5 Å². The zero-order chi connectivity index (χ0) is 17.6. The van der Waals surface area contributed by atoms with Gasteiger partial charge in [0.05, 0.1) is 0 Å². The van der Waals surface area contributed by atoms with E-state index in [2.05, 4.69) is 31.2 Å². The molecule has 0 aliphatic carbocycles. The Bertz CT molecular complexity index is 622. The van der Waals surface area contributed by atoms with Gasteiger partial charge in [0.25, 0.3) is 0 Å². The molecule has 2 saturated heterocycles. The molecule has 25 heavy (non-hydrogen) atoms. The second-order valence-corrected chi connectivity index (χ2v) is 7.20. The molecule has 2 fully saturated rings. The van der Waals surface area contributed by atoms with Gasteiger partial charge in [-0.25, -0.2) is 0 Å². The van der Waals surface area contributed by atoms with E-state index < -0.39 is 0 Å². The van der Waals surface area contributed by atoms with E-state index in [-0.39, 0.29) is 11.8 Å². The van der Waals surface area contributed by atoms with Crippen LogP contribution >= 0.6 is 0 Å². The fraction of sp³-hybridized carbons (Fsp3) is 0.524. The predicted molar refractivity (Wildman–Crippen MR) is 99.9 cm³/mol. The van der Waals surface area contributed by atoms with E-state index in [1.807, 2.05) is 22.0 Å². The maximum Gasteiger partial charge on any atom is 0.226 e. The lowest BCUT2D eigenvalue weighted by molar-refractivity contribution is -0.139. The molecular weight excluding hydrogens is 312 g/mol. The quantitative estimate of drug-likeness (QED) is 0.844. The molecule has 2 heterocycles. The van der Waals surface area contributed by atoms with Gasteiger partial charge in [-0.15, -0.1) is 0 Å². The van der Waals surface area contributed by atoms with Crippen molar-refractivity contribution in [1.82, 2.24) is 9.80 Å². The summed E-state index contributed by atoms with van der Waals surface area (Å²) < 4.78 is 0. The van der Waals surface area contributed by atoms with E-state index in [1.165, 1.54) is 5.56 Å². The topological polar surface area (TPSA) is 40.6 Å². The van der Waals surface area contributed by atoms with Crippen molar-refractivity contribution in [2.75, 3.05) is 26.2 Å². The summed E-state index contributed by atoms with van der Waals surface area (Å²) in [6, 6.07) is 8.27. The molecule has 0 atom stereocenters. The molecule has 0 radical (unpaired) electrons. The van der Waals surface area contributed by atoms with Crippen molar-refractivity contribution in [3.8, 4) is 0 Å². The van der Waals surface area contributed by atoms with Crippen molar-refractivity contribution in [2.45, 2.75) is 39.0 Å². The highest BCUT2D eigenvalue weighted by molar-refractivity contribution is 5.81. The highest BCUT2D eigenvalue weighted by atomic mass is 16.2. The van der Waals surface area contributed by atoms with Crippen molar-refractivity contribution in [3.63, 3.8) is 0 Å². The fourth-order valence-corrected chi connectivity index (χ4v) is 3.67. The van der Waals surface area contributed by atoms with Crippen molar-refractivity contribution in [3.05, 3.63) is 41.5 Å². The molecule has 0 bridgehead atoms. The summed E-state index contributed by atoms with van der Waals surface area (Å²) in [5, 5.41) is 0. The Morgan fingerprint density at radius 1 is 1.00 bits per heavy atom. The smallest absolute Gasteiger partial charge is 0.226 e. The average molecular weight is 340 g/mol. The summed E-state index contributed by atoms with van der Waals surface area (Å²) in [7, 11) is 0. The van der Waals surface area contributed by atoms with Crippen LogP contribution in [-0.2, 0) is 9.59 Å². The maximum absolute atomic E-state index is 12.4. The molecule has 2 aliphatic rings. The summed E-state index contributed by atoms with van der Waals surface area (Å²) >= 11 is 0. The van der Waals surface area contributed by atoms with Crippen LogP contribution in [0.5, 0.6) is 0 Å². The number of likely N-dealkylation sites (tertiary alicyclic amines) is 2. The minimum Gasteiger partial charge on any atom is -0.342 e. The van der Waals surface area contributed by atoms with Crippen LogP contribution < -0.4 is 0 Å². The van der Waals surface area contributed by atoms with Crippen molar-refractivity contribution < 1.29 is 9.59 Å². The number of carbonyl (C=O) groups is 2. The number of carbonyl (C=O) groups excluding carboxylic acids is 2. The van der Waals surface area contributed by atoms with Gasteiger partial charge in [-0.05, 0) is 38.2 Å². The standard InChI is InChI=1S/C21H28N2O2/c1-17-7-9-18(10-8-17)5-4-6-20(24)22-15-11-19(12-16-22)21(25)23-13-2-3-14-23/h4-5,7-10,19H,2-3,6,11-16H2,1H3/b5-4+. The van der Waals surface area contributed by atoms with Gasteiger partial charge in [0.1, 0.15) is 0 Å². The number of piperidine rings is 1. The summed E-state index contributed by atoms with van der Waals surface area (Å²) in [5.41, 5.74) is 2.35. The SMILES string of the molecule is Cc1ccc(/C=C/CC(=O)N2CCC(C(=O)N3CCCC3)CC2)cc1. The molecule has 1 aromatic carbocycles. The third-order valence-electron chi connectivity index (χ3n) is 5.29. The Labute approximate surface area is 150 Å². The Hall–Kier alpha value is -2.10. The first-order valence-corrected chi connectivity index (χ1v) is 9.43. The number of amides is 2. The third-order valence-corrected chi connectivity index (χ3v) is 5.29. The minimum atomic E-state index is 0.116. The van der Waals surface area contributed by atoms with E-state index in [0.717, 1.165) is 44.3 Å². The molecule has 0 spiro atoms. The maximum atomic E-state index is 12.4. The van der Waals surface area contributed by atoms with Gasteiger partial charge < -0.3 is 9.80 Å². The lowest BCUT2D eigenvalue weighted by Crippen LogP contribution is -2.43. The van der Waals surface area contributed by atoms with Gasteiger partial charge in [-0.2, -0.15) is 0 Å². The van der Waals surface area contributed by atoms with Crippen LogP contribution in [0.15, 0.2) is 30.3 Å². The second-order valence-electron chi connectivity index (χ2n) is 7.20. The Kier molecular flexibility index (Phi) is 5.90. The fourth-order valence-electron chi connectivity index (χ4n) is 3.67. The Morgan fingerprint density at radius 3 is 2.28 bits per heavy atom. The minimum absolute atomic E-state index is 0.116. The molecule has 0 unspecified atom stereocenters. The highest BCUT2D eigenvalue weighted by Crippen LogP contribution is 2.22. The molecule has 134 valence electrons. The lowest BCUT2D eigenvalue weighted by atomic mass is 9.95. The number of hydrogen-bond donors (Lipinski definition) is 0. The molecule has 2 amide bonds. The Morgan fingerprint density at radius 2 is 1.64 bits per heavy atom. The van der Waals surface area contributed by atoms with Crippen LogP contribution in [-0.4, -0.2) is 47.8 Å². The number of hydrogen-bond acceptors (Lipinski definition) is 2. The van der Waals surface area contributed by atoms with Crippen molar-refractivity contribution in [1.29, 1.82) is 0 Å². The van der Waals surface area contributed by atoms with E-state index >= 15 is 0 Å². The van der Waals surface area contributed by atoms with Crippen LogP contribution in [0, 0.1) is 12.8 Å². The van der Waals surface area contributed by atoms with Gasteiger partial charge in [0.2, 0.25) is 11.8 Å². The molecule has 0 saturated carbocycles. The van der Waals surface area contributed by atoms with E-state index in [4.69, 9.17) is 0 Å². The second kappa shape index (κ2) is 8.32. The van der Waals surface area contributed by atoms with Crippen LogP contribution in [0.4, 0.5) is 0 Å². The van der Waals surface area contributed by atoms with Gasteiger partial charge >= 0.3 is 0 Å². The number of benzene rings is 1. The molecule has 2 aliphatic heterocycles. The van der Waals surface area contributed by atoms with E-state index in [0.29, 0.717) is 25.4 Å². The average Bonchev–Trinajstić information content (AvgIpc) is 3.17. The van der Waals surface area contributed by atoms with Crippen LogP contribution in [0.1, 0.15) is 43.2 Å². The number of nitrogens with zero attached hydrogens (tertiary/aromatic N) is 2. The predicted octanol–water partition coefficient (Wildman–Crippen LogP) is 3.26. The third kappa shape index (κ3) is 4.71. The molecule has 4 heteroatoms. The molecular formula is C21H28N2O2. The normalized spacial score (nSPS) is 18.9. The highest BCUT2D eigenvalue weighted by Gasteiger charge is 2.30. The summed E-state index contributed by atoms with van der Waals surface area (Å²) in [5.74, 6) is 0.588. The molecule has 4 nitrogen and oxygen atoms in total. The first-order valence-electron chi connectivity index (χ1n) is 9.43. The zero-order valence-electron chi connectivity index (χ0n) is 15.1. The van der Waals surface area contributed by atoms with E-state index in [1.54, 1.807) is 0 Å². The summed E-state index contributed by atoms with van der Waals surface area (Å²) in [4.78, 5) is 28.7. The van der Waals surface area contributed by atoms with Gasteiger partial charge in [-0.1, -0.05) is 42.0 Å². The van der Waals surface area contributed by atoms with Crippen LogP contribution in [0.3, 0.4) is 0 Å². The van der Waals surface area contributed by atoms with E-state index in [9.17, 15) is 9.59 Å². The number of rotatable bonds is 4. The molecule has 3 rings (SSSR count). The first kappa shape index (κ1) is 17.7. The van der Waals surface area contributed by atoms with Gasteiger partial charge in [-0.3, -0.25) is 9.59 Å². The molecule has 0 N–H and O–H groups in total. The van der Waals surface area contributed by atoms with Gasteiger partial charge in [0.15, 0.2) is 0 Å². The van der Waals surface area contributed by atoms with Crippen LogP contribution in [0.25, 0.3) is 6.08 Å². The monoisotopic (exact) mass is 340 g/mol. The largest absolute Gasteiger partial charge is 0.342 e. The lowest BCUT2D eigenvalue weighted by Gasteiger charge is -2.33.